The van der Waals surface area contributed by atoms with Gasteiger partial charge < -0.3 is 11.1 Å². The van der Waals surface area contributed by atoms with Crippen LogP contribution in [0.15, 0.2) is 23.7 Å². The lowest BCUT2D eigenvalue weighted by molar-refractivity contribution is 0.834. The molecule has 0 fully saturated rings. The Balaban J connectivity index is 2.17. The average molecular weight is 278 g/mol. The first-order valence-corrected chi connectivity index (χ1v) is 6.83. The van der Waals surface area contributed by atoms with Crippen LogP contribution in [-0.4, -0.2) is 15.0 Å². The Bertz CT molecular complexity index is 563. The van der Waals surface area contributed by atoms with Gasteiger partial charge in [0.05, 0.1) is 5.69 Å². The van der Waals surface area contributed by atoms with Crippen LogP contribution in [0.3, 0.4) is 0 Å². The number of rotatable bonds is 4. The lowest BCUT2D eigenvalue weighted by Gasteiger charge is -2.04. The molecule has 2 rings (SSSR count). The molecule has 0 radical (unpaired) electrons. The van der Waals surface area contributed by atoms with Gasteiger partial charge in [0, 0.05) is 17.1 Å². The molecule has 0 spiro atoms. The van der Waals surface area contributed by atoms with Gasteiger partial charge in [-0.25, -0.2) is 9.97 Å². The highest BCUT2D eigenvalue weighted by Gasteiger charge is 2.06. The van der Waals surface area contributed by atoms with Crippen LogP contribution in [0, 0.1) is 0 Å². The first-order valence-electron chi connectivity index (χ1n) is 5.54. The summed E-state index contributed by atoms with van der Waals surface area (Å²) in [6, 6.07) is 3.60. The molecule has 0 aromatic carbocycles. The van der Waals surface area contributed by atoms with Gasteiger partial charge in [-0.1, -0.05) is 26.1 Å². The highest BCUT2D eigenvalue weighted by molar-refractivity contribution is 7.80. The van der Waals surface area contributed by atoms with Crippen molar-refractivity contribution in [1.82, 2.24) is 9.97 Å². The summed E-state index contributed by atoms with van der Waals surface area (Å²) in [6.07, 6.45) is 1.67. The van der Waals surface area contributed by atoms with Crippen LogP contribution in [0.1, 0.15) is 31.0 Å². The van der Waals surface area contributed by atoms with Crippen LogP contribution < -0.4 is 11.1 Å². The summed E-state index contributed by atoms with van der Waals surface area (Å²) >= 11 is 6.49. The second-order valence-corrected chi connectivity index (χ2v) is 5.45. The summed E-state index contributed by atoms with van der Waals surface area (Å²) in [6.45, 7) is 4.23. The number of nitrogens with zero attached hydrogens (tertiary/aromatic N) is 2. The van der Waals surface area contributed by atoms with Crippen molar-refractivity contribution in [1.29, 1.82) is 0 Å². The van der Waals surface area contributed by atoms with E-state index in [-0.39, 0.29) is 0 Å². The highest BCUT2D eigenvalue weighted by Crippen LogP contribution is 2.24. The van der Waals surface area contributed by atoms with E-state index in [0.29, 0.717) is 16.7 Å². The van der Waals surface area contributed by atoms with Crippen molar-refractivity contribution in [3.63, 3.8) is 0 Å². The van der Waals surface area contributed by atoms with Crippen molar-refractivity contribution in [3.8, 4) is 0 Å². The van der Waals surface area contributed by atoms with Gasteiger partial charge >= 0.3 is 0 Å². The Morgan fingerprint density at radius 1 is 1.50 bits per heavy atom. The number of nitrogens with one attached hydrogen (secondary N) is 1. The van der Waals surface area contributed by atoms with E-state index in [1.54, 1.807) is 23.6 Å². The van der Waals surface area contributed by atoms with E-state index in [0.717, 1.165) is 16.4 Å². The second-order valence-electron chi connectivity index (χ2n) is 4.15. The van der Waals surface area contributed by atoms with Crippen LogP contribution >= 0.6 is 23.6 Å². The first-order chi connectivity index (χ1) is 8.56. The molecule has 0 saturated carbocycles. The average Bonchev–Trinajstić information content (AvgIpc) is 2.78. The van der Waals surface area contributed by atoms with E-state index in [2.05, 4.69) is 29.1 Å². The zero-order chi connectivity index (χ0) is 13.1. The molecule has 2 aromatic heterocycles. The Morgan fingerprint density at radius 2 is 2.28 bits per heavy atom. The van der Waals surface area contributed by atoms with E-state index in [1.165, 1.54) is 0 Å². The Labute approximate surface area is 115 Å². The molecule has 4 nitrogen and oxygen atoms in total. The minimum Gasteiger partial charge on any atom is -0.389 e. The number of pyridine rings is 1. The molecule has 0 saturated heterocycles. The molecule has 18 heavy (non-hydrogen) atoms. The van der Waals surface area contributed by atoms with E-state index in [1.807, 2.05) is 11.4 Å². The van der Waals surface area contributed by atoms with Gasteiger partial charge in [0.1, 0.15) is 10.8 Å². The third-order valence-electron chi connectivity index (χ3n) is 2.39. The minimum atomic E-state index is 0.363. The van der Waals surface area contributed by atoms with Gasteiger partial charge in [0.25, 0.3) is 0 Å². The quantitative estimate of drug-likeness (QED) is 0.842. The van der Waals surface area contributed by atoms with Gasteiger partial charge in [-0.2, -0.15) is 0 Å². The number of thiocarbonyl (C=S) groups is 1. The molecular formula is C12H14N4S2. The monoisotopic (exact) mass is 278 g/mol. The molecule has 0 bridgehead atoms. The summed E-state index contributed by atoms with van der Waals surface area (Å²) in [5.41, 5.74) is 7.45. The molecule has 2 aromatic rings. The normalized spacial score (nSPS) is 10.6. The molecule has 94 valence electrons. The van der Waals surface area contributed by atoms with Crippen LogP contribution in [-0.2, 0) is 0 Å². The molecular weight excluding hydrogens is 264 g/mol. The fourth-order valence-electron chi connectivity index (χ4n) is 1.37. The SMILES string of the molecule is CC(C)c1csc(Nc2cc(C(N)=S)ccn2)n1. The van der Waals surface area contributed by atoms with Crippen molar-refractivity contribution in [2.24, 2.45) is 5.73 Å². The summed E-state index contributed by atoms with van der Waals surface area (Å²) in [5, 5.41) is 6.03. The van der Waals surface area contributed by atoms with Crippen molar-refractivity contribution in [2.75, 3.05) is 5.32 Å². The molecule has 0 aliphatic rings. The maximum Gasteiger partial charge on any atom is 0.188 e. The Morgan fingerprint density at radius 3 is 2.89 bits per heavy atom. The van der Waals surface area contributed by atoms with Gasteiger partial charge in [-0.05, 0) is 18.1 Å². The number of hydrogen-bond donors (Lipinski definition) is 2. The van der Waals surface area contributed by atoms with E-state index >= 15 is 0 Å². The first kappa shape index (κ1) is 12.9. The smallest absolute Gasteiger partial charge is 0.188 e. The van der Waals surface area contributed by atoms with Gasteiger partial charge in [0.15, 0.2) is 5.13 Å². The second kappa shape index (κ2) is 5.41. The van der Waals surface area contributed by atoms with Crippen LogP contribution in [0.5, 0.6) is 0 Å². The maximum absolute atomic E-state index is 5.58. The lowest BCUT2D eigenvalue weighted by Crippen LogP contribution is -2.09. The zero-order valence-corrected chi connectivity index (χ0v) is 11.8. The van der Waals surface area contributed by atoms with E-state index in [9.17, 15) is 0 Å². The number of anilines is 2. The van der Waals surface area contributed by atoms with Crippen LogP contribution in [0.4, 0.5) is 10.9 Å². The molecule has 3 N–H and O–H groups in total. The third-order valence-corrected chi connectivity index (χ3v) is 3.40. The summed E-state index contributed by atoms with van der Waals surface area (Å²) in [7, 11) is 0. The molecule has 0 aliphatic carbocycles. The van der Waals surface area contributed by atoms with Crippen molar-refractivity contribution >= 4 is 39.5 Å². The van der Waals surface area contributed by atoms with E-state index in [4.69, 9.17) is 18.0 Å². The standard InChI is InChI=1S/C12H14N4S2/c1-7(2)9-6-18-12(15-9)16-10-5-8(11(13)17)3-4-14-10/h3-7H,1-2H3,(H2,13,17)(H,14,15,16). The zero-order valence-electron chi connectivity index (χ0n) is 10.2. The van der Waals surface area contributed by atoms with Gasteiger partial charge in [-0.3, -0.25) is 0 Å². The molecule has 0 amide bonds. The molecule has 6 heteroatoms. The summed E-state index contributed by atoms with van der Waals surface area (Å²) in [4.78, 5) is 9.06. The largest absolute Gasteiger partial charge is 0.389 e. The fourth-order valence-corrected chi connectivity index (χ4v) is 2.38. The minimum absolute atomic E-state index is 0.363. The van der Waals surface area contributed by atoms with Gasteiger partial charge in [-0.15, -0.1) is 11.3 Å². The van der Waals surface area contributed by atoms with E-state index < -0.39 is 0 Å². The molecule has 0 atom stereocenters. The topological polar surface area (TPSA) is 63.8 Å². The highest BCUT2D eigenvalue weighted by atomic mass is 32.1. The summed E-state index contributed by atoms with van der Waals surface area (Å²) < 4.78 is 0. The number of aromatic nitrogens is 2. The van der Waals surface area contributed by atoms with Crippen LogP contribution in [0.2, 0.25) is 0 Å². The van der Waals surface area contributed by atoms with Crippen molar-refractivity contribution in [2.45, 2.75) is 19.8 Å². The molecule has 0 aliphatic heterocycles. The lowest BCUT2D eigenvalue weighted by atomic mass is 10.2. The predicted molar refractivity (Wildman–Crippen MR) is 79.6 cm³/mol. The van der Waals surface area contributed by atoms with Crippen molar-refractivity contribution in [3.05, 3.63) is 35.0 Å². The third kappa shape index (κ3) is 3.02. The number of hydrogen-bond acceptors (Lipinski definition) is 5. The molecule has 0 unspecified atom stereocenters. The maximum atomic E-state index is 5.58. The summed E-state index contributed by atoms with van der Waals surface area (Å²) in [5.74, 6) is 1.12. The number of thiazole rings is 1. The fraction of sp³-hybridized carbons (Fsp3) is 0.250. The van der Waals surface area contributed by atoms with Crippen molar-refractivity contribution < 1.29 is 0 Å². The molecule has 2 heterocycles. The Kier molecular flexibility index (Phi) is 3.88. The van der Waals surface area contributed by atoms with Crippen LogP contribution in [0.25, 0.3) is 0 Å². The van der Waals surface area contributed by atoms with Gasteiger partial charge in [0.2, 0.25) is 0 Å². The Hall–Kier alpha value is -1.53. The number of nitrogens with two attached hydrogens (primary N) is 1. The predicted octanol–water partition coefficient (Wildman–Crippen LogP) is 3.04.